The Bertz CT molecular complexity index is 402. The molecule has 0 spiro atoms. The average molecular weight is 314 g/mol. The Morgan fingerprint density at radius 1 is 1.28 bits per heavy atom. The van der Waals surface area contributed by atoms with E-state index in [2.05, 4.69) is 29.8 Å². The lowest BCUT2D eigenvalue weighted by Crippen LogP contribution is -2.48. The van der Waals surface area contributed by atoms with Gasteiger partial charge >= 0.3 is 0 Å². The zero-order chi connectivity index (χ0) is 13.3. The molecule has 100 valence electrons. The molecule has 1 fully saturated rings. The molecule has 1 aliphatic rings. The molecule has 1 nitrogen and oxygen atoms in total. The lowest BCUT2D eigenvalue weighted by atomic mass is 9.70. The first-order valence-electron chi connectivity index (χ1n) is 6.60. The highest BCUT2D eigenvalue weighted by molar-refractivity contribution is 9.10. The summed E-state index contributed by atoms with van der Waals surface area (Å²) < 4.78 is 14.2. The number of benzene rings is 1. The van der Waals surface area contributed by atoms with Crippen LogP contribution in [0, 0.1) is 17.7 Å². The summed E-state index contributed by atoms with van der Waals surface area (Å²) >= 11 is 3.34. The molecule has 0 saturated heterocycles. The summed E-state index contributed by atoms with van der Waals surface area (Å²) in [6.45, 7) is 4.53. The molecular formula is C15H21BrFN. The van der Waals surface area contributed by atoms with Crippen molar-refractivity contribution < 1.29 is 4.39 Å². The molecule has 1 aliphatic carbocycles. The van der Waals surface area contributed by atoms with E-state index in [0.717, 1.165) is 29.3 Å². The predicted molar refractivity (Wildman–Crippen MR) is 76.9 cm³/mol. The highest BCUT2D eigenvalue weighted by Gasteiger charge is 2.34. The van der Waals surface area contributed by atoms with Crippen molar-refractivity contribution in [1.82, 2.24) is 0 Å². The minimum atomic E-state index is -0.195. The molecule has 0 radical (unpaired) electrons. The van der Waals surface area contributed by atoms with Crippen molar-refractivity contribution in [3.63, 3.8) is 0 Å². The highest BCUT2D eigenvalue weighted by Crippen LogP contribution is 2.36. The van der Waals surface area contributed by atoms with E-state index in [1.165, 1.54) is 12.5 Å². The van der Waals surface area contributed by atoms with Crippen molar-refractivity contribution >= 4 is 15.9 Å². The smallest absolute Gasteiger partial charge is 0.124 e. The van der Waals surface area contributed by atoms with Crippen LogP contribution in [0.25, 0.3) is 0 Å². The van der Waals surface area contributed by atoms with Crippen LogP contribution in [0.15, 0.2) is 22.7 Å². The number of hydrogen-bond acceptors (Lipinski definition) is 1. The van der Waals surface area contributed by atoms with Crippen LogP contribution in [0.3, 0.4) is 0 Å². The molecule has 1 aromatic carbocycles. The Morgan fingerprint density at radius 3 is 2.44 bits per heavy atom. The Kier molecular flexibility index (Phi) is 4.12. The van der Waals surface area contributed by atoms with Crippen LogP contribution in [0.1, 0.15) is 38.7 Å². The third kappa shape index (κ3) is 3.55. The van der Waals surface area contributed by atoms with Gasteiger partial charge in [-0.05, 0) is 61.3 Å². The van der Waals surface area contributed by atoms with E-state index in [9.17, 15) is 4.39 Å². The van der Waals surface area contributed by atoms with Gasteiger partial charge < -0.3 is 5.73 Å². The summed E-state index contributed by atoms with van der Waals surface area (Å²) in [7, 11) is 0. The van der Waals surface area contributed by atoms with Crippen LogP contribution < -0.4 is 5.73 Å². The standard InChI is InChI=1S/C15H21BrFN/c1-10-3-11(2)8-15(18,7-10)9-12-4-13(16)6-14(17)5-12/h4-6,10-11H,3,7-9,18H2,1-2H3. The molecule has 0 amide bonds. The fourth-order valence-corrected chi connectivity index (χ4v) is 4.10. The minimum Gasteiger partial charge on any atom is -0.325 e. The van der Waals surface area contributed by atoms with Crippen molar-refractivity contribution in [1.29, 1.82) is 0 Å². The van der Waals surface area contributed by atoms with Crippen LogP contribution in [0.4, 0.5) is 4.39 Å². The van der Waals surface area contributed by atoms with Crippen molar-refractivity contribution in [2.24, 2.45) is 17.6 Å². The second-order valence-corrected chi connectivity index (χ2v) is 7.09. The van der Waals surface area contributed by atoms with E-state index < -0.39 is 0 Å². The van der Waals surface area contributed by atoms with Gasteiger partial charge in [-0.3, -0.25) is 0 Å². The minimum absolute atomic E-state index is 0.176. The molecule has 2 rings (SSSR count). The Morgan fingerprint density at radius 2 is 1.89 bits per heavy atom. The van der Waals surface area contributed by atoms with Gasteiger partial charge in [0.1, 0.15) is 5.82 Å². The molecule has 2 atom stereocenters. The van der Waals surface area contributed by atoms with Gasteiger partial charge in [0.05, 0.1) is 0 Å². The molecule has 0 aliphatic heterocycles. The average Bonchev–Trinajstić information content (AvgIpc) is 2.10. The third-order valence-electron chi connectivity index (χ3n) is 3.79. The van der Waals surface area contributed by atoms with Crippen molar-refractivity contribution in [2.75, 3.05) is 0 Å². The first-order valence-corrected chi connectivity index (χ1v) is 7.39. The zero-order valence-corrected chi connectivity index (χ0v) is 12.6. The van der Waals surface area contributed by atoms with Gasteiger partial charge in [0.15, 0.2) is 0 Å². The molecule has 2 N–H and O–H groups in total. The van der Waals surface area contributed by atoms with Crippen molar-refractivity contribution in [3.05, 3.63) is 34.1 Å². The van der Waals surface area contributed by atoms with Crippen molar-refractivity contribution in [3.8, 4) is 0 Å². The third-order valence-corrected chi connectivity index (χ3v) is 4.25. The van der Waals surface area contributed by atoms with Crippen LogP contribution in [-0.4, -0.2) is 5.54 Å². The van der Waals surface area contributed by atoms with Gasteiger partial charge in [-0.2, -0.15) is 0 Å². The van der Waals surface area contributed by atoms with Crippen molar-refractivity contribution in [2.45, 2.75) is 45.1 Å². The fraction of sp³-hybridized carbons (Fsp3) is 0.600. The zero-order valence-electron chi connectivity index (χ0n) is 11.0. The van der Waals surface area contributed by atoms with Gasteiger partial charge in [0.25, 0.3) is 0 Å². The molecule has 0 bridgehead atoms. The van der Waals surface area contributed by atoms with Gasteiger partial charge in [-0.15, -0.1) is 0 Å². The molecule has 18 heavy (non-hydrogen) atoms. The number of nitrogens with two attached hydrogens (primary N) is 1. The normalized spacial score (nSPS) is 32.5. The van der Waals surface area contributed by atoms with E-state index in [-0.39, 0.29) is 11.4 Å². The van der Waals surface area contributed by atoms with E-state index in [1.54, 1.807) is 6.07 Å². The molecular weight excluding hydrogens is 293 g/mol. The molecule has 2 unspecified atom stereocenters. The first-order chi connectivity index (χ1) is 8.36. The molecule has 1 saturated carbocycles. The maximum Gasteiger partial charge on any atom is 0.124 e. The largest absolute Gasteiger partial charge is 0.325 e. The summed E-state index contributed by atoms with van der Waals surface area (Å²) in [5.41, 5.74) is 7.35. The molecule has 3 heteroatoms. The Labute approximate surface area is 117 Å². The predicted octanol–water partition coefficient (Wildman–Crippen LogP) is 4.28. The Balaban J connectivity index is 2.16. The summed E-state index contributed by atoms with van der Waals surface area (Å²) in [5.74, 6) is 1.13. The van der Waals surface area contributed by atoms with E-state index >= 15 is 0 Å². The summed E-state index contributed by atoms with van der Waals surface area (Å²) in [4.78, 5) is 0. The maximum absolute atomic E-state index is 13.4. The van der Waals surface area contributed by atoms with E-state index in [0.29, 0.717) is 11.8 Å². The quantitative estimate of drug-likeness (QED) is 0.866. The second kappa shape index (κ2) is 5.30. The van der Waals surface area contributed by atoms with Crippen LogP contribution >= 0.6 is 15.9 Å². The fourth-order valence-electron chi connectivity index (χ4n) is 3.59. The van der Waals surface area contributed by atoms with E-state index in [4.69, 9.17) is 5.73 Å². The maximum atomic E-state index is 13.4. The highest BCUT2D eigenvalue weighted by atomic mass is 79.9. The lowest BCUT2D eigenvalue weighted by Gasteiger charge is -2.40. The van der Waals surface area contributed by atoms with Gasteiger partial charge in [0, 0.05) is 10.0 Å². The first kappa shape index (κ1) is 14.0. The van der Waals surface area contributed by atoms with Gasteiger partial charge in [-0.1, -0.05) is 29.8 Å². The molecule has 0 aromatic heterocycles. The number of hydrogen-bond donors (Lipinski definition) is 1. The lowest BCUT2D eigenvalue weighted by molar-refractivity contribution is 0.182. The molecule has 0 heterocycles. The number of halogens is 2. The monoisotopic (exact) mass is 313 g/mol. The topological polar surface area (TPSA) is 26.0 Å². The Hall–Kier alpha value is -0.410. The summed E-state index contributed by atoms with van der Waals surface area (Å²) in [6, 6.07) is 5.06. The summed E-state index contributed by atoms with van der Waals surface area (Å²) in [5, 5.41) is 0. The van der Waals surface area contributed by atoms with Crippen LogP contribution in [0.5, 0.6) is 0 Å². The van der Waals surface area contributed by atoms with Gasteiger partial charge in [-0.25, -0.2) is 4.39 Å². The van der Waals surface area contributed by atoms with Crippen LogP contribution in [-0.2, 0) is 6.42 Å². The second-order valence-electron chi connectivity index (χ2n) is 6.17. The SMILES string of the molecule is CC1CC(C)CC(N)(Cc2cc(F)cc(Br)c2)C1. The summed E-state index contributed by atoms with van der Waals surface area (Å²) in [6.07, 6.45) is 4.08. The number of rotatable bonds is 2. The van der Waals surface area contributed by atoms with E-state index in [1.807, 2.05) is 6.07 Å². The molecule has 1 aromatic rings. The van der Waals surface area contributed by atoms with Gasteiger partial charge in [0.2, 0.25) is 0 Å². The van der Waals surface area contributed by atoms with Crippen LogP contribution in [0.2, 0.25) is 0 Å².